The lowest BCUT2D eigenvalue weighted by Gasteiger charge is -2.24. The molecule has 0 saturated carbocycles. The van der Waals surface area contributed by atoms with E-state index >= 15 is 0 Å². The van der Waals surface area contributed by atoms with Crippen LogP contribution < -0.4 is 9.62 Å². The van der Waals surface area contributed by atoms with E-state index in [2.05, 4.69) is 5.32 Å². The maximum atomic E-state index is 13.4. The topological polar surface area (TPSA) is 66.5 Å². The summed E-state index contributed by atoms with van der Waals surface area (Å²) in [6, 6.07) is 20.4. The first kappa shape index (κ1) is 22.8. The van der Waals surface area contributed by atoms with E-state index in [1.54, 1.807) is 12.1 Å². The maximum Gasteiger partial charge on any atom is 0.264 e. The highest BCUT2D eigenvalue weighted by molar-refractivity contribution is 7.92. The molecule has 0 fully saturated rings. The van der Waals surface area contributed by atoms with Crippen molar-refractivity contribution in [2.24, 2.45) is 0 Å². The van der Waals surface area contributed by atoms with Gasteiger partial charge in [0.25, 0.3) is 10.0 Å². The van der Waals surface area contributed by atoms with Gasteiger partial charge in [0, 0.05) is 10.7 Å². The number of benzene rings is 3. The number of nitrogens with one attached hydrogen (secondary N) is 1. The summed E-state index contributed by atoms with van der Waals surface area (Å²) in [4.78, 5) is 13.0. The second-order valence-corrected chi connectivity index (χ2v) is 9.89. The van der Waals surface area contributed by atoms with Gasteiger partial charge >= 0.3 is 0 Å². The molecule has 0 aliphatic rings. The summed E-state index contributed by atoms with van der Waals surface area (Å²) in [5, 5.41) is 3.30. The molecule has 0 heterocycles. The zero-order valence-electron chi connectivity index (χ0n) is 17.7. The van der Waals surface area contributed by atoms with Crippen LogP contribution in [0.25, 0.3) is 0 Å². The Morgan fingerprint density at radius 3 is 2.19 bits per heavy atom. The number of carbonyl (C=O) groups excluding carboxylic acids is 1. The summed E-state index contributed by atoms with van der Waals surface area (Å²) >= 11 is 5.92. The van der Waals surface area contributed by atoms with Gasteiger partial charge in [0.2, 0.25) is 5.91 Å². The first-order chi connectivity index (χ1) is 14.7. The van der Waals surface area contributed by atoms with E-state index in [0.717, 1.165) is 15.4 Å². The Kier molecular flexibility index (Phi) is 7.03. The Morgan fingerprint density at radius 1 is 0.968 bits per heavy atom. The number of carbonyl (C=O) groups is 1. The van der Waals surface area contributed by atoms with Crippen molar-refractivity contribution in [2.75, 3.05) is 16.2 Å². The highest BCUT2D eigenvalue weighted by atomic mass is 35.5. The molecule has 0 atom stereocenters. The van der Waals surface area contributed by atoms with Crippen LogP contribution >= 0.6 is 11.6 Å². The monoisotopic (exact) mass is 456 g/mol. The van der Waals surface area contributed by atoms with Gasteiger partial charge in [-0.2, -0.15) is 0 Å². The lowest BCUT2D eigenvalue weighted by molar-refractivity contribution is -0.114. The van der Waals surface area contributed by atoms with Crippen LogP contribution in [0, 0.1) is 6.92 Å². The highest BCUT2D eigenvalue weighted by Crippen LogP contribution is 2.27. The first-order valence-corrected chi connectivity index (χ1v) is 11.7. The van der Waals surface area contributed by atoms with Crippen LogP contribution in [0.15, 0.2) is 77.7 Å². The third kappa shape index (κ3) is 5.46. The van der Waals surface area contributed by atoms with Crippen LogP contribution in [-0.4, -0.2) is 20.9 Å². The van der Waals surface area contributed by atoms with Crippen LogP contribution in [0.2, 0.25) is 5.02 Å². The molecule has 0 aromatic heterocycles. The van der Waals surface area contributed by atoms with Gasteiger partial charge in [0.1, 0.15) is 6.54 Å². The molecule has 3 aromatic rings. The van der Waals surface area contributed by atoms with Crippen molar-refractivity contribution in [3.05, 3.63) is 88.9 Å². The largest absolute Gasteiger partial charge is 0.324 e. The third-order valence-electron chi connectivity index (χ3n) is 4.87. The van der Waals surface area contributed by atoms with E-state index in [1.807, 2.05) is 57.2 Å². The van der Waals surface area contributed by atoms with Crippen LogP contribution in [0.1, 0.15) is 30.9 Å². The van der Waals surface area contributed by atoms with E-state index < -0.39 is 15.9 Å². The molecular formula is C24H25ClN2O3S. The SMILES string of the molecule is Cc1ccc(N(CC(=O)Nc2ccccc2C(C)C)S(=O)(=O)c2ccc(Cl)cc2)cc1. The molecule has 162 valence electrons. The number of halogens is 1. The number of hydrogen-bond acceptors (Lipinski definition) is 3. The fraction of sp³-hybridized carbons (Fsp3) is 0.208. The minimum Gasteiger partial charge on any atom is -0.324 e. The van der Waals surface area contributed by atoms with Gasteiger partial charge in [0.05, 0.1) is 10.6 Å². The first-order valence-electron chi connectivity index (χ1n) is 9.92. The summed E-state index contributed by atoms with van der Waals surface area (Å²) in [6.45, 7) is 5.63. The summed E-state index contributed by atoms with van der Waals surface area (Å²) in [5.74, 6) is -0.214. The number of nitrogens with zero attached hydrogens (tertiary/aromatic N) is 1. The zero-order valence-corrected chi connectivity index (χ0v) is 19.2. The lowest BCUT2D eigenvalue weighted by atomic mass is 10.0. The lowest BCUT2D eigenvalue weighted by Crippen LogP contribution is -2.38. The Bertz CT molecular complexity index is 1160. The van der Waals surface area contributed by atoms with Crippen molar-refractivity contribution in [3.63, 3.8) is 0 Å². The van der Waals surface area contributed by atoms with Gasteiger partial charge in [-0.3, -0.25) is 9.10 Å². The molecule has 0 saturated heterocycles. The molecule has 3 aromatic carbocycles. The van der Waals surface area contributed by atoms with Gasteiger partial charge < -0.3 is 5.32 Å². The standard InChI is InChI=1S/C24H25ClN2O3S/c1-17(2)22-6-4-5-7-23(22)26-24(28)16-27(20-12-8-18(3)9-13-20)31(29,30)21-14-10-19(25)11-15-21/h4-15,17H,16H2,1-3H3,(H,26,28). The van der Waals surface area contributed by atoms with E-state index in [-0.39, 0.29) is 17.4 Å². The van der Waals surface area contributed by atoms with E-state index in [4.69, 9.17) is 11.6 Å². The van der Waals surface area contributed by atoms with Gasteiger partial charge in [-0.1, -0.05) is 61.3 Å². The molecule has 0 bridgehead atoms. The number of para-hydroxylation sites is 1. The average molecular weight is 457 g/mol. The van der Waals surface area contributed by atoms with Crippen molar-refractivity contribution in [3.8, 4) is 0 Å². The smallest absolute Gasteiger partial charge is 0.264 e. The van der Waals surface area contributed by atoms with Crippen molar-refractivity contribution in [1.29, 1.82) is 0 Å². The average Bonchev–Trinajstić information content (AvgIpc) is 2.73. The van der Waals surface area contributed by atoms with Gasteiger partial charge in [0.15, 0.2) is 0 Å². The number of sulfonamides is 1. The van der Waals surface area contributed by atoms with E-state index in [9.17, 15) is 13.2 Å². The Morgan fingerprint density at radius 2 is 1.58 bits per heavy atom. The summed E-state index contributed by atoms with van der Waals surface area (Å²) in [5.41, 5.74) is 3.06. The Labute approximate surface area is 188 Å². The van der Waals surface area contributed by atoms with Gasteiger partial charge in [-0.25, -0.2) is 8.42 Å². The second-order valence-electron chi connectivity index (χ2n) is 7.59. The number of hydrogen-bond donors (Lipinski definition) is 1. The molecule has 0 aliphatic carbocycles. The number of aryl methyl sites for hydroxylation is 1. The molecule has 7 heteroatoms. The predicted octanol–water partition coefficient (Wildman–Crippen LogP) is 5.61. The van der Waals surface area contributed by atoms with E-state index in [1.165, 1.54) is 24.3 Å². The second kappa shape index (κ2) is 9.54. The van der Waals surface area contributed by atoms with Crippen molar-refractivity contribution in [2.45, 2.75) is 31.6 Å². The van der Waals surface area contributed by atoms with Crippen LogP contribution in [0.5, 0.6) is 0 Å². The molecule has 1 amide bonds. The molecule has 31 heavy (non-hydrogen) atoms. The molecule has 0 spiro atoms. The normalized spacial score (nSPS) is 11.4. The summed E-state index contributed by atoms with van der Waals surface area (Å²) in [7, 11) is -3.98. The van der Waals surface area contributed by atoms with Crippen molar-refractivity contribution >= 4 is 38.9 Å². The highest BCUT2D eigenvalue weighted by Gasteiger charge is 2.27. The number of rotatable bonds is 7. The zero-order chi connectivity index (χ0) is 22.6. The fourth-order valence-corrected chi connectivity index (χ4v) is 4.74. The number of anilines is 2. The van der Waals surface area contributed by atoms with E-state index in [0.29, 0.717) is 16.4 Å². The van der Waals surface area contributed by atoms with Crippen molar-refractivity contribution < 1.29 is 13.2 Å². The van der Waals surface area contributed by atoms with Gasteiger partial charge in [-0.15, -0.1) is 0 Å². The van der Waals surface area contributed by atoms with Gasteiger partial charge in [-0.05, 0) is 60.9 Å². The maximum absolute atomic E-state index is 13.4. The summed E-state index contributed by atoms with van der Waals surface area (Å²) in [6.07, 6.45) is 0. The number of amides is 1. The quantitative estimate of drug-likeness (QED) is 0.502. The molecule has 1 N–H and O–H groups in total. The van der Waals surface area contributed by atoms with Crippen LogP contribution in [0.3, 0.4) is 0 Å². The fourth-order valence-electron chi connectivity index (χ4n) is 3.19. The van der Waals surface area contributed by atoms with Crippen molar-refractivity contribution in [1.82, 2.24) is 0 Å². The Hall–Kier alpha value is -2.83. The molecule has 0 aliphatic heterocycles. The minimum atomic E-state index is -3.98. The van der Waals surface area contributed by atoms with Crippen LogP contribution in [-0.2, 0) is 14.8 Å². The predicted molar refractivity (Wildman–Crippen MR) is 126 cm³/mol. The Balaban J connectivity index is 1.95. The molecule has 5 nitrogen and oxygen atoms in total. The van der Waals surface area contributed by atoms with Crippen LogP contribution in [0.4, 0.5) is 11.4 Å². The molecule has 3 rings (SSSR count). The summed E-state index contributed by atoms with van der Waals surface area (Å²) < 4.78 is 27.9. The molecule has 0 unspecified atom stereocenters. The minimum absolute atomic E-state index is 0.0628. The molecular weight excluding hydrogens is 432 g/mol. The third-order valence-corrected chi connectivity index (χ3v) is 6.91. The molecule has 0 radical (unpaired) electrons.